The summed E-state index contributed by atoms with van der Waals surface area (Å²) < 4.78 is 19.5. The first-order valence-electron chi connectivity index (χ1n) is 6.92. The average Bonchev–Trinajstić information content (AvgIpc) is 2.39. The van der Waals surface area contributed by atoms with Crippen molar-refractivity contribution in [2.24, 2.45) is 11.7 Å². The van der Waals surface area contributed by atoms with Crippen molar-refractivity contribution in [1.29, 1.82) is 0 Å². The van der Waals surface area contributed by atoms with Crippen molar-refractivity contribution in [3.8, 4) is 0 Å². The van der Waals surface area contributed by atoms with Crippen LogP contribution in [0, 0.1) is 11.7 Å². The van der Waals surface area contributed by atoms with Crippen LogP contribution in [0.25, 0.3) is 0 Å². The molecule has 106 valence electrons. The molecular weight excluding hydrogens is 243 g/mol. The molecule has 0 aliphatic carbocycles. The maximum atomic E-state index is 14.1. The van der Waals surface area contributed by atoms with Gasteiger partial charge in [-0.05, 0) is 37.3 Å². The third-order valence-corrected chi connectivity index (χ3v) is 3.76. The predicted molar refractivity (Wildman–Crippen MR) is 75.8 cm³/mol. The van der Waals surface area contributed by atoms with Gasteiger partial charge in [-0.25, -0.2) is 4.39 Å². The van der Waals surface area contributed by atoms with Gasteiger partial charge >= 0.3 is 0 Å². The predicted octanol–water partition coefficient (Wildman–Crippen LogP) is 2.71. The van der Waals surface area contributed by atoms with Gasteiger partial charge < -0.3 is 15.4 Å². The molecule has 0 saturated carbocycles. The molecule has 0 unspecified atom stereocenters. The van der Waals surface area contributed by atoms with E-state index >= 15 is 0 Å². The van der Waals surface area contributed by atoms with E-state index in [-0.39, 0.29) is 11.9 Å². The summed E-state index contributed by atoms with van der Waals surface area (Å²) >= 11 is 0. The molecule has 1 saturated heterocycles. The zero-order chi connectivity index (χ0) is 13.8. The Labute approximate surface area is 114 Å². The Hall–Kier alpha value is -1.13. The van der Waals surface area contributed by atoms with Crippen molar-refractivity contribution in [2.75, 3.05) is 31.7 Å². The smallest absolute Gasteiger partial charge is 0.146 e. The number of benzene rings is 1. The lowest BCUT2D eigenvalue weighted by molar-refractivity contribution is 0.0685. The summed E-state index contributed by atoms with van der Waals surface area (Å²) in [7, 11) is 1.94. The van der Waals surface area contributed by atoms with Crippen molar-refractivity contribution >= 4 is 5.69 Å². The molecule has 2 rings (SSSR count). The maximum absolute atomic E-state index is 14.1. The van der Waals surface area contributed by atoms with Crippen molar-refractivity contribution in [3.63, 3.8) is 0 Å². The quantitative estimate of drug-likeness (QED) is 0.910. The zero-order valence-electron chi connectivity index (χ0n) is 11.7. The summed E-state index contributed by atoms with van der Waals surface area (Å²) in [6.45, 7) is 4.37. The third kappa shape index (κ3) is 3.45. The molecular formula is C15H23FN2O. The van der Waals surface area contributed by atoms with E-state index < -0.39 is 0 Å². The van der Waals surface area contributed by atoms with Crippen LogP contribution < -0.4 is 10.6 Å². The monoisotopic (exact) mass is 266 g/mol. The van der Waals surface area contributed by atoms with Gasteiger partial charge in [0.25, 0.3) is 0 Å². The highest BCUT2D eigenvalue weighted by Gasteiger charge is 2.20. The van der Waals surface area contributed by atoms with Gasteiger partial charge in [0, 0.05) is 32.8 Å². The van der Waals surface area contributed by atoms with E-state index in [1.165, 1.54) is 6.07 Å². The summed E-state index contributed by atoms with van der Waals surface area (Å²) in [6, 6.07) is 4.97. The van der Waals surface area contributed by atoms with Crippen LogP contribution in [0.4, 0.5) is 10.1 Å². The molecule has 0 bridgehead atoms. The fraction of sp³-hybridized carbons (Fsp3) is 0.600. The second-order valence-corrected chi connectivity index (χ2v) is 5.40. The van der Waals surface area contributed by atoms with Crippen LogP contribution in [-0.2, 0) is 4.74 Å². The van der Waals surface area contributed by atoms with Crippen molar-refractivity contribution < 1.29 is 9.13 Å². The molecule has 1 heterocycles. The van der Waals surface area contributed by atoms with Gasteiger partial charge in [0.2, 0.25) is 0 Å². The fourth-order valence-corrected chi connectivity index (χ4v) is 2.71. The largest absolute Gasteiger partial charge is 0.381 e. The molecule has 4 heteroatoms. The Morgan fingerprint density at radius 1 is 1.42 bits per heavy atom. The number of ether oxygens (including phenoxy) is 1. The van der Waals surface area contributed by atoms with Crippen molar-refractivity contribution in [2.45, 2.75) is 25.8 Å². The van der Waals surface area contributed by atoms with E-state index in [1.807, 2.05) is 24.9 Å². The summed E-state index contributed by atoms with van der Waals surface area (Å²) in [6.07, 6.45) is 2.10. The molecule has 3 nitrogen and oxygen atoms in total. The Morgan fingerprint density at radius 3 is 2.74 bits per heavy atom. The highest BCUT2D eigenvalue weighted by molar-refractivity contribution is 5.55. The third-order valence-electron chi connectivity index (χ3n) is 3.76. The Bertz CT molecular complexity index is 417. The number of para-hydroxylation sites is 1. The average molecular weight is 266 g/mol. The highest BCUT2D eigenvalue weighted by atomic mass is 19.1. The number of rotatable bonds is 4. The van der Waals surface area contributed by atoms with Crippen molar-refractivity contribution in [1.82, 2.24) is 0 Å². The first kappa shape index (κ1) is 14.3. The summed E-state index contributed by atoms with van der Waals surface area (Å²) in [4.78, 5) is 2.00. The molecule has 0 amide bonds. The van der Waals surface area contributed by atoms with E-state index in [2.05, 4.69) is 0 Å². The molecule has 2 N–H and O–H groups in total. The van der Waals surface area contributed by atoms with Crippen LogP contribution in [0.5, 0.6) is 0 Å². The lowest BCUT2D eigenvalue weighted by Crippen LogP contribution is -2.31. The lowest BCUT2D eigenvalue weighted by Gasteiger charge is -2.30. The van der Waals surface area contributed by atoms with Crippen LogP contribution >= 0.6 is 0 Å². The second-order valence-electron chi connectivity index (χ2n) is 5.40. The summed E-state index contributed by atoms with van der Waals surface area (Å²) in [5, 5.41) is 0. The Balaban J connectivity index is 2.15. The van der Waals surface area contributed by atoms with Gasteiger partial charge in [0.15, 0.2) is 0 Å². The lowest BCUT2D eigenvalue weighted by atomic mass is 9.98. The van der Waals surface area contributed by atoms with E-state index in [0.29, 0.717) is 11.6 Å². The Kier molecular flexibility index (Phi) is 4.77. The van der Waals surface area contributed by atoms with E-state index in [0.717, 1.165) is 38.2 Å². The molecule has 19 heavy (non-hydrogen) atoms. The number of hydrogen-bond donors (Lipinski definition) is 1. The normalized spacial score (nSPS) is 18.3. The van der Waals surface area contributed by atoms with Gasteiger partial charge in [-0.1, -0.05) is 12.1 Å². The topological polar surface area (TPSA) is 38.5 Å². The van der Waals surface area contributed by atoms with Crippen LogP contribution in [-0.4, -0.2) is 26.8 Å². The number of nitrogens with two attached hydrogens (primary N) is 1. The number of hydrogen-bond acceptors (Lipinski definition) is 3. The Morgan fingerprint density at radius 2 is 2.11 bits per heavy atom. The van der Waals surface area contributed by atoms with Gasteiger partial charge in [-0.3, -0.25) is 0 Å². The molecule has 0 spiro atoms. The van der Waals surface area contributed by atoms with Crippen LogP contribution in [0.1, 0.15) is 31.4 Å². The molecule has 1 aromatic carbocycles. The minimum absolute atomic E-state index is 0.164. The number of halogens is 1. The van der Waals surface area contributed by atoms with Gasteiger partial charge in [-0.15, -0.1) is 0 Å². The fourth-order valence-electron chi connectivity index (χ4n) is 2.71. The number of nitrogens with zero attached hydrogens (tertiary/aromatic N) is 1. The van der Waals surface area contributed by atoms with E-state index in [9.17, 15) is 4.39 Å². The SMILES string of the molecule is C[C@@H](N)c1cccc(F)c1N(C)CC1CCOCC1. The van der Waals surface area contributed by atoms with E-state index in [1.54, 1.807) is 6.07 Å². The van der Waals surface area contributed by atoms with Crippen LogP contribution in [0.3, 0.4) is 0 Å². The molecule has 1 atom stereocenters. The molecule has 1 aliphatic rings. The van der Waals surface area contributed by atoms with Crippen LogP contribution in [0.15, 0.2) is 18.2 Å². The van der Waals surface area contributed by atoms with Crippen molar-refractivity contribution in [3.05, 3.63) is 29.6 Å². The standard InChI is InChI=1S/C15H23FN2O/c1-11(17)13-4-3-5-14(16)15(13)18(2)10-12-6-8-19-9-7-12/h3-5,11-12H,6-10,17H2,1-2H3/t11-/m1/s1. The first-order chi connectivity index (χ1) is 9.09. The zero-order valence-corrected chi connectivity index (χ0v) is 11.7. The van der Waals surface area contributed by atoms with E-state index in [4.69, 9.17) is 10.5 Å². The maximum Gasteiger partial charge on any atom is 0.146 e. The summed E-state index contributed by atoms with van der Waals surface area (Å²) in [5.41, 5.74) is 7.45. The highest BCUT2D eigenvalue weighted by Crippen LogP contribution is 2.29. The number of anilines is 1. The van der Waals surface area contributed by atoms with Gasteiger partial charge in [0.05, 0.1) is 5.69 Å². The molecule has 1 fully saturated rings. The molecule has 1 aliphatic heterocycles. The van der Waals surface area contributed by atoms with Gasteiger partial charge in [0.1, 0.15) is 5.82 Å². The minimum atomic E-state index is -0.190. The molecule has 0 aromatic heterocycles. The van der Waals surface area contributed by atoms with Crippen LogP contribution in [0.2, 0.25) is 0 Å². The molecule has 1 aromatic rings. The van der Waals surface area contributed by atoms with Gasteiger partial charge in [-0.2, -0.15) is 0 Å². The summed E-state index contributed by atoms with van der Waals surface area (Å²) in [5.74, 6) is 0.378. The molecule has 0 radical (unpaired) electrons. The minimum Gasteiger partial charge on any atom is -0.381 e. The first-order valence-corrected chi connectivity index (χ1v) is 6.92. The second kappa shape index (κ2) is 6.35.